The minimum atomic E-state index is -2.96. The molecule has 1 aromatic rings. The van der Waals surface area contributed by atoms with E-state index in [0.29, 0.717) is 30.9 Å². The van der Waals surface area contributed by atoms with Gasteiger partial charge in [-0.2, -0.15) is 0 Å². The number of benzene rings is 1. The van der Waals surface area contributed by atoms with Crippen molar-refractivity contribution in [1.29, 1.82) is 0 Å². The van der Waals surface area contributed by atoms with E-state index in [1.807, 2.05) is 13.0 Å². The summed E-state index contributed by atoms with van der Waals surface area (Å²) in [6.45, 7) is 2.33. The van der Waals surface area contributed by atoms with Crippen LogP contribution in [0.15, 0.2) is 18.2 Å². The van der Waals surface area contributed by atoms with Gasteiger partial charge < -0.3 is 10.1 Å². The number of ether oxygens (including phenoxy) is 1. The molecule has 0 aromatic heterocycles. The zero-order valence-corrected chi connectivity index (χ0v) is 14.0. The molecule has 22 heavy (non-hydrogen) atoms. The monoisotopic (exact) mass is 345 g/mol. The smallest absolute Gasteiger partial charge is 0.220 e. The van der Waals surface area contributed by atoms with Crippen molar-refractivity contribution in [3.05, 3.63) is 28.8 Å². The number of aryl methyl sites for hydroxylation is 1. The molecular formula is C15H20ClNO4S. The summed E-state index contributed by atoms with van der Waals surface area (Å²) in [7, 11) is -2.96. The van der Waals surface area contributed by atoms with Crippen LogP contribution in [-0.2, 0) is 14.6 Å². The first-order valence-electron chi connectivity index (χ1n) is 7.24. The van der Waals surface area contributed by atoms with Gasteiger partial charge >= 0.3 is 0 Å². The van der Waals surface area contributed by atoms with Gasteiger partial charge in [0.2, 0.25) is 5.91 Å². The van der Waals surface area contributed by atoms with E-state index in [4.69, 9.17) is 16.3 Å². The molecule has 0 spiro atoms. The number of nitrogens with one attached hydrogen (secondary N) is 1. The third-order valence-corrected chi connectivity index (χ3v) is 5.74. The molecule has 5 nitrogen and oxygen atoms in total. The zero-order valence-electron chi connectivity index (χ0n) is 12.5. The third-order valence-electron chi connectivity index (χ3n) is 3.54. The van der Waals surface area contributed by atoms with Crippen LogP contribution in [0.5, 0.6) is 5.75 Å². The Morgan fingerprint density at radius 3 is 2.86 bits per heavy atom. The minimum Gasteiger partial charge on any atom is -0.494 e. The molecule has 122 valence electrons. The Morgan fingerprint density at radius 2 is 2.23 bits per heavy atom. The van der Waals surface area contributed by atoms with Crippen LogP contribution >= 0.6 is 11.6 Å². The van der Waals surface area contributed by atoms with Crippen LogP contribution in [0.4, 0.5) is 0 Å². The van der Waals surface area contributed by atoms with E-state index < -0.39 is 9.84 Å². The molecule has 1 unspecified atom stereocenters. The van der Waals surface area contributed by atoms with Gasteiger partial charge in [0.1, 0.15) is 5.75 Å². The molecule has 7 heteroatoms. The fourth-order valence-electron chi connectivity index (χ4n) is 2.34. The van der Waals surface area contributed by atoms with Crippen molar-refractivity contribution in [3.8, 4) is 5.75 Å². The molecule has 0 saturated carbocycles. The van der Waals surface area contributed by atoms with Crippen LogP contribution < -0.4 is 10.1 Å². The Morgan fingerprint density at radius 1 is 1.45 bits per heavy atom. The SMILES string of the molecule is Cc1cc(OCCCC(=O)NC2CCS(=O)(=O)C2)ccc1Cl. The van der Waals surface area contributed by atoms with Gasteiger partial charge in [0.25, 0.3) is 0 Å². The van der Waals surface area contributed by atoms with Crippen LogP contribution in [0, 0.1) is 6.92 Å². The first kappa shape index (κ1) is 17.1. The Balaban J connectivity index is 1.66. The lowest BCUT2D eigenvalue weighted by molar-refractivity contribution is -0.121. The summed E-state index contributed by atoms with van der Waals surface area (Å²) in [6, 6.07) is 5.18. The Bertz CT molecular complexity index is 645. The van der Waals surface area contributed by atoms with E-state index >= 15 is 0 Å². The van der Waals surface area contributed by atoms with E-state index in [0.717, 1.165) is 11.3 Å². The number of hydrogen-bond donors (Lipinski definition) is 1. The van der Waals surface area contributed by atoms with Gasteiger partial charge in [-0.1, -0.05) is 11.6 Å². The Labute approximate surface area is 135 Å². The first-order chi connectivity index (χ1) is 10.4. The third kappa shape index (κ3) is 5.18. The molecule has 1 aliphatic heterocycles. The number of carbonyl (C=O) groups excluding carboxylic acids is 1. The van der Waals surface area contributed by atoms with E-state index in [-0.39, 0.29) is 23.5 Å². The lowest BCUT2D eigenvalue weighted by Gasteiger charge is -2.11. The number of sulfone groups is 1. The van der Waals surface area contributed by atoms with Crippen molar-refractivity contribution >= 4 is 27.3 Å². The summed E-state index contributed by atoms with van der Waals surface area (Å²) in [6.07, 6.45) is 1.41. The maximum absolute atomic E-state index is 11.7. The molecule has 1 amide bonds. The normalized spacial score (nSPS) is 19.8. The number of halogens is 1. The molecule has 1 saturated heterocycles. The molecule has 2 rings (SSSR count). The molecule has 1 heterocycles. The standard InChI is InChI=1S/C15H20ClNO4S/c1-11-9-13(4-5-14(11)16)21-7-2-3-15(18)17-12-6-8-22(19,20)10-12/h4-5,9,12H,2-3,6-8,10H2,1H3,(H,17,18). The minimum absolute atomic E-state index is 0.0549. The summed E-state index contributed by atoms with van der Waals surface area (Å²) in [4.78, 5) is 11.7. The predicted octanol–water partition coefficient (Wildman–Crippen LogP) is 2.11. The Kier molecular flexibility index (Phi) is 5.69. The molecule has 1 aliphatic rings. The predicted molar refractivity (Wildman–Crippen MR) is 86.1 cm³/mol. The maximum atomic E-state index is 11.7. The summed E-state index contributed by atoms with van der Waals surface area (Å²) in [5, 5.41) is 3.45. The van der Waals surface area contributed by atoms with Crippen LogP contribution in [0.2, 0.25) is 5.02 Å². The number of rotatable bonds is 6. The highest BCUT2D eigenvalue weighted by Gasteiger charge is 2.28. The van der Waals surface area contributed by atoms with Crippen LogP contribution in [-0.4, -0.2) is 38.5 Å². The lowest BCUT2D eigenvalue weighted by Crippen LogP contribution is -2.35. The van der Waals surface area contributed by atoms with E-state index in [1.165, 1.54) is 0 Å². The second-order valence-electron chi connectivity index (χ2n) is 5.53. The fourth-order valence-corrected chi connectivity index (χ4v) is 4.13. The summed E-state index contributed by atoms with van der Waals surface area (Å²) >= 11 is 5.93. The van der Waals surface area contributed by atoms with Gasteiger partial charge in [0.05, 0.1) is 18.1 Å². The molecule has 0 aliphatic carbocycles. The van der Waals surface area contributed by atoms with E-state index in [1.54, 1.807) is 12.1 Å². The first-order valence-corrected chi connectivity index (χ1v) is 9.44. The van der Waals surface area contributed by atoms with Gasteiger partial charge in [0.15, 0.2) is 9.84 Å². The number of amides is 1. The summed E-state index contributed by atoms with van der Waals surface area (Å²) in [5.74, 6) is 0.818. The molecular weight excluding hydrogens is 326 g/mol. The molecule has 1 atom stereocenters. The van der Waals surface area contributed by atoms with Gasteiger partial charge in [-0.15, -0.1) is 0 Å². The van der Waals surface area contributed by atoms with Crippen molar-refractivity contribution < 1.29 is 17.9 Å². The number of carbonyl (C=O) groups is 1. The average Bonchev–Trinajstić information content (AvgIpc) is 2.78. The molecule has 1 N–H and O–H groups in total. The van der Waals surface area contributed by atoms with Gasteiger partial charge in [-0.05, 0) is 43.5 Å². The van der Waals surface area contributed by atoms with Crippen molar-refractivity contribution in [1.82, 2.24) is 5.32 Å². The summed E-state index contributed by atoms with van der Waals surface area (Å²) < 4.78 is 28.2. The van der Waals surface area contributed by atoms with Crippen molar-refractivity contribution in [2.24, 2.45) is 0 Å². The quantitative estimate of drug-likeness (QED) is 0.801. The maximum Gasteiger partial charge on any atom is 0.220 e. The van der Waals surface area contributed by atoms with Crippen molar-refractivity contribution in [3.63, 3.8) is 0 Å². The molecule has 0 radical (unpaired) electrons. The topological polar surface area (TPSA) is 72.5 Å². The molecule has 1 fully saturated rings. The fraction of sp³-hybridized carbons (Fsp3) is 0.533. The largest absolute Gasteiger partial charge is 0.494 e. The zero-order chi connectivity index (χ0) is 16.2. The van der Waals surface area contributed by atoms with Crippen LogP contribution in [0.25, 0.3) is 0 Å². The van der Waals surface area contributed by atoms with Crippen molar-refractivity contribution in [2.75, 3.05) is 18.1 Å². The second-order valence-corrected chi connectivity index (χ2v) is 8.17. The molecule has 0 bridgehead atoms. The van der Waals surface area contributed by atoms with Gasteiger partial charge in [0, 0.05) is 17.5 Å². The van der Waals surface area contributed by atoms with E-state index in [9.17, 15) is 13.2 Å². The van der Waals surface area contributed by atoms with Gasteiger partial charge in [-0.3, -0.25) is 4.79 Å². The second kappa shape index (κ2) is 7.33. The molecule has 1 aromatic carbocycles. The van der Waals surface area contributed by atoms with Crippen molar-refractivity contribution in [2.45, 2.75) is 32.2 Å². The summed E-state index contributed by atoms with van der Waals surface area (Å²) in [5.41, 5.74) is 0.944. The van der Waals surface area contributed by atoms with Gasteiger partial charge in [-0.25, -0.2) is 8.42 Å². The average molecular weight is 346 g/mol. The number of hydrogen-bond acceptors (Lipinski definition) is 4. The van der Waals surface area contributed by atoms with E-state index in [2.05, 4.69) is 5.32 Å². The highest BCUT2D eigenvalue weighted by Crippen LogP contribution is 2.21. The Hall–Kier alpha value is -1.27. The highest BCUT2D eigenvalue weighted by molar-refractivity contribution is 7.91. The van der Waals surface area contributed by atoms with Crippen LogP contribution in [0.1, 0.15) is 24.8 Å². The lowest BCUT2D eigenvalue weighted by atomic mass is 10.2. The highest BCUT2D eigenvalue weighted by atomic mass is 35.5. The van der Waals surface area contributed by atoms with Crippen LogP contribution in [0.3, 0.4) is 0 Å².